The molecular weight excluding hydrogens is 472 g/mol. The van der Waals surface area contributed by atoms with Gasteiger partial charge in [0.05, 0.1) is 17.0 Å². The van der Waals surface area contributed by atoms with Crippen LogP contribution >= 0.6 is 0 Å². The predicted molar refractivity (Wildman–Crippen MR) is 127 cm³/mol. The zero-order valence-electron chi connectivity index (χ0n) is 20.0. The summed E-state index contributed by atoms with van der Waals surface area (Å²) in [6, 6.07) is 4.26. The van der Waals surface area contributed by atoms with E-state index in [0.717, 1.165) is 41.9 Å². The summed E-state index contributed by atoms with van der Waals surface area (Å²) in [4.78, 5) is 26.3. The van der Waals surface area contributed by atoms with E-state index in [0.29, 0.717) is 24.5 Å². The van der Waals surface area contributed by atoms with Crippen molar-refractivity contribution in [1.82, 2.24) is 28.5 Å². The molecule has 0 bridgehead atoms. The van der Waals surface area contributed by atoms with Crippen molar-refractivity contribution in [3.8, 4) is 0 Å². The van der Waals surface area contributed by atoms with Gasteiger partial charge in [-0.3, -0.25) is 9.36 Å². The summed E-state index contributed by atoms with van der Waals surface area (Å²) in [7, 11) is -0.988. The van der Waals surface area contributed by atoms with Gasteiger partial charge in [0.1, 0.15) is 12.2 Å². The number of nitrogens with zero attached hydrogens (tertiary/aromatic N) is 6. The maximum atomic E-state index is 13.0. The molecule has 0 atom stereocenters. The molecule has 11 nitrogen and oxygen atoms in total. The average Bonchev–Trinajstić information content (AvgIpc) is 3.48. The summed E-state index contributed by atoms with van der Waals surface area (Å²) >= 11 is 0. The standard InChI is InChI=1S/C23H30N6O5S/c1-26(35(32,33)18-5-6-19-20(12-18)34-23(31)27(19)2)14-22(30)28-9-7-16(8-10-28)11-21-25-24-15-29(21)13-17-3-4-17/h5-6,12,15-17H,3-4,7-11,13-14H2,1-2H3. The first-order valence-electron chi connectivity index (χ1n) is 11.9. The van der Waals surface area contributed by atoms with Crippen molar-refractivity contribution in [2.75, 3.05) is 26.7 Å². The second-order valence-electron chi connectivity index (χ2n) is 9.69. The molecule has 1 aliphatic carbocycles. The fourth-order valence-corrected chi connectivity index (χ4v) is 5.78. The van der Waals surface area contributed by atoms with E-state index in [4.69, 9.17) is 4.42 Å². The molecule has 3 heterocycles. The summed E-state index contributed by atoms with van der Waals surface area (Å²) in [6.07, 6.45) is 6.91. The minimum Gasteiger partial charge on any atom is -0.408 e. The number of carbonyl (C=O) groups is 1. The van der Waals surface area contributed by atoms with Gasteiger partial charge >= 0.3 is 5.76 Å². The van der Waals surface area contributed by atoms with E-state index in [-0.39, 0.29) is 22.9 Å². The molecule has 1 saturated carbocycles. The molecule has 12 heteroatoms. The van der Waals surface area contributed by atoms with Gasteiger partial charge < -0.3 is 13.9 Å². The number of aryl methyl sites for hydroxylation is 1. The highest BCUT2D eigenvalue weighted by molar-refractivity contribution is 7.89. The van der Waals surface area contributed by atoms with E-state index < -0.39 is 15.8 Å². The van der Waals surface area contributed by atoms with Crippen molar-refractivity contribution in [3.63, 3.8) is 0 Å². The zero-order valence-corrected chi connectivity index (χ0v) is 20.8. The van der Waals surface area contributed by atoms with Crippen molar-refractivity contribution >= 4 is 27.0 Å². The van der Waals surface area contributed by atoms with Crippen molar-refractivity contribution in [3.05, 3.63) is 40.9 Å². The molecule has 1 saturated heterocycles. The second-order valence-corrected chi connectivity index (χ2v) is 11.7. The molecule has 0 spiro atoms. The van der Waals surface area contributed by atoms with Crippen LogP contribution in [0.5, 0.6) is 0 Å². The molecule has 1 aromatic carbocycles. The average molecular weight is 503 g/mol. The molecule has 0 radical (unpaired) electrons. The Kier molecular flexibility index (Phi) is 6.26. The van der Waals surface area contributed by atoms with E-state index >= 15 is 0 Å². The van der Waals surface area contributed by atoms with Crippen LogP contribution in [0.1, 0.15) is 31.5 Å². The third kappa shape index (κ3) is 4.90. The summed E-state index contributed by atoms with van der Waals surface area (Å²) in [5, 5.41) is 8.38. The monoisotopic (exact) mass is 502 g/mol. The Balaban J connectivity index is 1.17. The minimum absolute atomic E-state index is 0.0244. The molecule has 5 rings (SSSR count). The van der Waals surface area contributed by atoms with E-state index in [1.165, 1.54) is 42.7 Å². The van der Waals surface area contributed by atoms with Crippen LogP contribution in [0.3, 0.4) is 0 Å². The van der Waals surface area contributed by atoms with Gasteiger partial charge in [0, 0.05) is 46.2 Å². The van der Waals surface area contributed by atoms with E-state index in [1.807, 2.05) is 6.33 Å². The fraction of sp³-hybridized carbons (Fsp3) is 0.565. The Labute approximate surface area is 203 Å². The number of likely N-dealkylation sites (N-methyl/N-ethyl adjacent to an activating group) is 1. The van der Waals surface area contributed by atoms with Crippen molar-refractivity contribution < 1.29 is 17.6 Å². The first kappa shape index (κ1) is 23.7. The molecule has 0 unspecified atom stereocenters. The lowest BCUT2D eigenvalue weighted by atomic mass is 9.93. The Hall–Kier alpha value is -2.99. The number of benzene rings is 1. The molecule has 0 N–H and O–H groups in total. The number of oxazole rings is 1. The number of sulfonamides is 1. The summed E-state index contributed by atoms with van der Waals surface area (Å²) in [6.45, 7) is 1.92. The third-order valence-corrected chi connectivity index (χ3v) is 8.92. The van der Waals surface area contributed by atoms with Crippen molar-refractivity contribution in [1.29, 1.82) is 0 Å². The van der Waals surface area contributed by atoms with Crippen LogP contribution in [0, 0.1) is 11.8 Å². The lowest BCUT2D eigenvalue weighted by Gasteiger charge is -2.32. The van der Waals surface area contributed by atoms with E-state index in [9.17, 15) is 18.0 Å². The lowest BCUT2D eigenvalue weighted by Crippen LogP contribution is -2.44. The number of amides is 1. The summed E-state index contributed by atoms with van der Waals surface area (Å²) in [5.74, 6) is 1.41. The topological polar surface area (TPSA) is 124 Å². The van der Waals surface area contributed by atoms with Crippen molar-refractivity contribution in [2.45, 2.75) is 43.5 Å². The number of piperidine rings is 1. The van der Waals surface area contributed by atoms with Crippen LogP contribution in [-0.4, -0.2) is 69.5 Å². The van der Waals surface area contributed by atoms with Gasteiger partial charge in [0.15, 0.2) is 5.58 Å². The van der Waals surface area contributed by atoms with Crippen LogP contribution in [0.15, 0.2) is 38.6 Å². The van der Waals surface area contributed by atoms with Gasteiger partial charge in [0.2, 0.25) is 15.9 Å². The molecule has 2 aliphatic rings. The highest BCUT2D eigenvalue weighted by atomic mass is 32.2. The number of hydrogen-bond acceptors (Lipinski definition) is 7. The molecular formula is C23H30N6O5S. The minimum atomic E-state index is -3.93. The van der Waals surface area contributed by atoms with Gasteiger partial charge in [-0.05, 0) is 49.7 Å². The number of aromatic nitrogens is 4. The van der Waals surface area contributed by atoms with E-state index in [2.05, 4.69) is 14.8 Å². The Morgan fingerprint density at radius 1 is 1.17 bits per heavy atom. The maximum Gasteiger partial charge on any atom is 0.419 e. The fourth-order valence-electron chi connectivity index (χ4n) is 4.64. The van der Waals surface area contributed by atoms with Crippen LogP contribution in [-0.2, 0) is 34.8 Å². The first-order valence-corrected chi connectivity index (χ1v) is 13.4. The predicted octanol–water partition coefficient (Wildman–Crippen LogP) is 1.23. The number of fused-ring (bicyclic) bond motifs is 1. The molecule has 1 amide bonds. The smallest absolute Gasteiger partial charge is 0.408 e. The molecule has 1 aliphatic heterocycles. The Morgan fingerprint density at radius 3 is 2.63 bits per heavy atom. The van der Waals surface area contributed by atoms with Gasteiger partial charge in [-0.2, -0.15) is 4.31 Å². The lowest BCUT2D eigenvalue weighted by molar-refractivity contribution is -0.132. The normalized spacial score (nSPS) is 17.5. The molecule has 2 aromatic heterocycles. The summed E-state index contributed by atoms with van der Waals surface area (Å²) < 4.78 is 35.7. The Morgan fingerprint density at radius 2 is 1.91 bits per heavy atom. The van der Waals surface area contributed by atoms with Gasteiger partial charge in [-0.1, -0.05) is 0 Å². The van der Waals surface area contributed by atoms with Gasteiger partial charge in [-0.25, -0.2) is 13.2 Å². The number of hydrogen-bond donors (Lipinski definition) is 0. The van der Waals surface area contributed by atoms with Crippen LogP contribution in [0.25, 0.3) is 11.1 Å². The zero-order chi connectivity index (χ0) is 24.7. The van der Waals surface area contributed by atoms with Crippen molar-refractivity contribution in [2.24, 2.45) is 18.9 Å². The van der Waals surface area contributed by atoms with Crippen LogP contribution in [0.4, 0.5) is 0 Å². The summed E-state index contributed by atoms with van der Waals surface area (Å²) in [5.41, 5.74) is 0.690. The third-order valence-electron chi connectivity index (χ3n) is 7.12. The highest BCUT2D eigenvalue weighted by Gasteiger charge is 2.29. The van der Waals surface area contributed by atoms with Gasteiger partial charge in [-0.15, -0.1) is 10.2 Å². The number of rotatable bonds is 8. The molecule has 3 aromatic rings. The van der Waals surface area contributed by atoms with Crippen LogP contribution in [0.2, 0.25) is 0 Å². The maximum absolute atomic E-state index is 13.0. The SMILES string of the molecule is CN(CC(=O)N1CCC(Cc2nncn2CC2CC2)CC1)S(=O)(=O)c1ccc2c(c1)oc(=O)n2C. The molecule has 2 fully saturated rings. The Bertz CT molecular complexity index is 1400. The first-order chi connectivity index (χ1) is 16.7. The quantitative estimate of drug-likeness (QED) is 0.454. The van der Waals surface area contributed by atoms with E-state index in [1.54, 1.807) is 11.9 Å². The highest BCUT2D eigenvalue weighted by Crippen LogP contribution is 2.31. The number of likely N-dealkylation sites (tertiary alicyclic amines) is 1. The molecule has 35 heavy (non-hydrogen) atoms. The largest absolute Gasteiger partial charge is 0.419 e. The molecule has 188 valence electrons. The van der Waals surface area contributed by atoms with Crippen LogP contribution < -0.4 is 5.76 Å². The second kappa shape index (κ2) is 9.23. The number of carbonyl (C=O) groups excluding carboxylic acids is 1. The van der Waals surface area contributed by atoms with Gasteiger partial charge in [0.25, 0.3) is 0 Å².